The number of terminal acetylenes is 1. The smallest absolute Gasteiger partial charge is 0.182 e. The second kappa shape index (κ2) is 4.64. The Kier molecular flexibility index (Phi) is 3.48. The molecule has 0 aliphatic heterocycles. The van der Waals surface area contributed by atoms with E-state index in [1.54, 1.807) is 19.2 Å². The number of ether oxygens (including phenoxy) is 2. The van der Waals surface area contributed by atoms with E-state index in [1.165, 1.54) is 0 Å². The summed E-state index contributed by atoms with van der Waals surface area (Å²) in [5, 5.41) is 0. The maximum atomic E-state index is 5.65. The van der Waals surface area contributed by atoms with Gasteiger partial charge in [-0.25, -0.2) is 0 Å². The Hall–Kier alpha value is -1.33. The fraction of sp³-hybridized carbons (Fsp3) is 0.200. The summed E-state index contributed by atoms with van der Waals surface area (Å²) in [7, 11) is 1.55. The molecule has 0 spiro atoms. The van der Waals surface area contributed by atoms with Gasteiger partial charge in [0.05, 0.1) is 7.11 Å². The lowest BCUT2D eigenvalue weighted by molar-refractivity contribution is 0.386. The fourth-order valence-electron chi connectivity index (χ4n) is 0.947. The molecule has 1 aromatic carbocycles. The van der Waals surface area contributed by atoms with Crippen molar-refractivity contribution in [3.05, 3.63) is 23.8 Å². The molecule has 0 aliphatic rings. The van der Waals surface area contributed by atoms with E-state index in [0.29, 0.717) is 17.4 Å². The summed E-state index contributed by atoms with van der Waals surface area (Å²) in [6.07, 6.45) is 7.10. The highest BCUT2D eigenvalue weighted by Gasteiger charge is 2.04. The first kappa shape index (κ1) is 9.76. The van der Waals surface area contributed by atoms with E-state index >= 15 is 0 Å². The number of methoxy groups -OCH3 is 1. The van der Waals surface area contributed by atoms with Gasteiger partial charge in [0.1, 0.15) is 6.11 Å². The topological polar surface area (TPSA) is 18.5 Å². The molecule has 3 heteroatoms. The van der Waals surface area contributed by atoms with Crippen LogP contribution in [0.4, 0.5) is 0 Å². The van der Waals surface area contributed by atoms with Crippen LogP contribution in [0, 0.1) is 12.5 Å². The first-order chi connectivity index (χ1) is 6.31. The third kappa shape index (κ3) is 2.30. The van der Waals surface area contributed by atoms with Crippen LogP contribution < -0.4 is 9.47 Å². The van der Waals surface area contributed by atoms with Crippen molar-refractivity contribution in [2.75, 3.05) is 7.11 Å². The van der Waals surface area contributed by atoms with Gasteiger partial charge in [-0.15, -0.1) is 11.6 Å². The molecular formula is C10H9ClO2. The van der Waals surface area contributed by atoms with Gasteiger partial charge < -0.3 is 9.47 Å². The quantitative estimate of drug-likeness (QED) is 0.546. The largest absolute Gasteiger partial charge is 0.493 e. The number of alkyl halides is 1. The van der Waals surface area contributed by atoms with Gasteiger partial charge in [-0.3, -0.25) is 0 Å². The molecule has 0 atom stereocenters. The molecule has 1 aromatic rings. The number of hydrogen-bond donors (Lipinski definition) is 0. The zero-order valence-electron chi connectivity index (χ0n) is 7.21. The average Bonchev–Trinajstić information content (AvgIpc) is 2.18. The average molecular weight is 197 g/mol. The molecule has 0 saturated heterocycles. The van der Waals surface area contributed by atoms with E-state index in [2.05, 4.69) is 6.11 Å². The van der Waals surface area contributed by atoms with Crippen LogP contribution in [0.3, 0.4) is 0 Å². The van der Waals surface area contributed by atoms with E-state index < -0.39 is 0 Å². The third-order valence-corrected chi connectivity index (χ3v) is 1.86. The number of benzene rings is 1. The van der Waals surface area contributed by atoms with Gasteiger partial charge >= 0.3 is 0 Å². The van der Waals surface area contributed by atoms with Crippen LogP contribution in [0.15, 0.2) is 18.2 Å². The van der Waals surface area contributed by atoms with Crippen molar-refractivity contribution in [3.63, 3.8) is 0 Å². The molecule has 0 N–H and O–H groups in total. The molecule has 13 heavy (non-hydrogen) atoms. The molecule has 0 unspecified atom stereocenters. The van der Waals surface area contributed by atoms with Crippen molar-refractivity contribution < 1.29 is 9.47 Å². The SMILES string of the molecule is C#COc1cc(CCl)ccc1OC. The minimum Gasteiger partial charge on any atom is -0.493 e. The normalized spacial score (nSPS) is 9.00. The molecule has 1 rings (SSSR count). The van der Waals surface area contributed by atoms with Gasteiger partial charge in [0.25, 0.3) is 0 Å². The zero-order valence-corrected chi connectivity index (χ0v) is 7.97. The molecule has 0 aliphatic carbocycles. The molecule has 0 radical (unpaired) electrons. The summed E-state index contributed by atoms with van der Waals surface area (Å²) in [5.41, 5.74) is 0.938. The maximum Gasteiger partial charge on any atom is 0.182 e. The van der Waals surface area contributed by atoms with Crippen molar-refractivity contribution in [1.29, 1.82) is 0 Å². The Morgan fingerprint density at radius 1 is 1.46 bits per heavy atom. The highest BCUT2D eigenvalue weighted by atomic mass is 35.5. The van der Waals surface area contributed by atoms with Crippen LogP contribution in [0.1, 0.15) is 5.56 Å². The molecule has 0 fully saturated rings. The van der Waals surface area contributed by atoms with Gasteiger partial charge in [0.15, 0.2) is 11.5 Å². The van der Waals surface area contributed by atoms with Crippen molar-refractivity contribution in [3.8, 4) is 24.0 Å². The zero-order chi connectivity index (χ0) is 9.68. The summed E-state index contributed by atoms with van der Waals surface area (Å²) in [4.78, 5) is 0. The highest BCUT2D eigenvalue weighted by Crippen LogP contribution is 2.28. The monoisotopic (exact) mass is 196 g/mol. The molecule has 0 heterocycles. The van der Waals surface area contributed by atoms with Gasteiger partial charge in [0.2, 0.25) is 0 Å². The van der Waals surface area contributed by atoms with E-state index in [9.17, 15) is 0 Å². The number of rotatable bonds is 3. The van der Waals surface area contributed by atoms with Crippen LogP contribution in [0.5, 0.6) is 11.5 Å². The lowest BCUT2D eigenvalue weighted by Gasteiger charge is -2.06. The Balaban J connectivity index is 3.04. The van der Waals surface area contributed by atoms with E-state index in [1.807, 2.05) is 6.07 Å². The lowest BCUT2D eigenvalue weighted by atomic mass is 10.2. The van der Waals surface area contributed by atoms with Crippen molar-refractivity contribution in [1.82, 2.24) is 0 Å². The van der Waals surface area contributed by atoms with E-state index in [0.717, 1.165) is 5.56 Å². The molecule has 0 bridgehead atoms. The Morgan fingerprint density at radius 3 is 2.77 bits per heavy atom. The standard InChI is InChI=1S/C10H9ClO2/c1-3-13-10-6-8(7-11)4-5-9(10)12-2/h1,4-6H,7H2,2H3. The van der Waals surface area contributed by atoms with Crippen LogP contribution >= 0.6 is 11.6 Å². The predicted octanol–water partition coefficient (Wildman–Crippen LogP) is 2.40. The molecule has 68 valence electrons. The van der Waals surface area contributed by atoms with Crippen LogP contribution in [0.2, 0.25) is 0 Å². The van der Waals surface area contributed by atoms with Gasteiger partial charge in [-0.1, -0.05) is 12.5 Å². The van der Waals surface area contributed by atoms with Crippen LogP contribution in [-0.2, 0) is 5.88 Å². The van der Waals surface area contributed by atoms with Gasteiger partial charge in [-0.2, -0.15) is 0 Å². The van der Waals surface area contributed by atoms with Crippen LogP contribution in [0.25, 0.3) is 0 Å². The van der Waals surface area contributed by atoms with Gasteiger partial charge in [-0.05, 0) is 17.7 Å². The Labute approximate surface area is 82.4 Å². The lowest BCUT2D eigenvalue weighted by Crippen LogP contribution is -1.90. The molecule has 0 amide bonds. The fourth-order valence-corrected chi connectivity index (χ4v) is 1.11. The minimum absolute atomic E-state index is 0.422. The second-order valence-electron chi connectivity index (χ2n) is 2.34. The first-order valence-corrected chi connectivity index (χ1v) is 4.20. The van der Waals surface area contributed by atoms with Crippen molar-refractivity contribution >= 4 is 11.6 Å². The molecular weight excluding hydrogens is 188 g/mol. The summed E-state index contributed by atoms with van der Waals surface area (Å²) in [6, 6.07) is 5.38. The molecule has 0 saturated carbocycles. The predicted molar refractivity (Wildman–Crippen MR) is 52.0 cm³/mol. The van der Waals surface area contributed by atoms with E-state index in [4.69, 9.17) is 27.5 Å². The summed E-state index contributed by atoms with van der Waals surface area (Å²) >= 11 is 5.65. The first-order valence-electron chi connectivity index (χ1n) is 3.67. The summed E-state index contributed by atoms with van der Waals surface area (Å²) in [6.45, 7) is 0. The Bertz CT molecular complexity index is 328. The van der Waals surface area contributed by atoms with E-state index in [-0.39, 0.29) is 0 Å². The highest BCUT2D eigenvalue weighted by molar-refractivity contribution is 6.17. The third-order valence-electron chi connectivity index (χ3n) is 1.55. The van der Waals surface area contributed by atoms with Crippen LogP contribution in [-0.4, -0.2) is 7.11 Å². The number of halogens is 1. The Morgan fingerprint density at radius 2 is 2.23 bits per heavy atom. The maximum absolute atomic E-state index is 5.65. The molecule has 2 nitrogen and oxygen atoms in total. The number of hydrogen-bond acceptors (Lipinski definition) is 2. The van der Waals surface area contributed by atoms with Crippen molar-refractivity contribution in [2.24, 2.45) is 0 Å². The van der Waals surface area contributed by atoms with Gasteiger partial charge in [0, 0.05) is 5.88 Å². The molecule has 0 aromatic heterocycles. The van der Waals surface area contributed by atoms with Crippen molar-refractivity contribution in [2.45, 2.75) is 5.88 Å². The minimum atomic E-state index is 0.422. The second-order valence-corrected chi connectivity index (χ2v) is 2.61. The summed E-state index contributed by atoms with van der Waals surface area (Å²) in [5.74, 6) is 1.54. The summed E-state index contributed by atoms with van der Waals surface area (Å²) < 4.78 is 9.95.